The van der Waals surface area contributed by atoms with Gasteiger partial charge in [0.1, 0.15) is 0 Å². The highest BCUT2D eigenvalue weighted by atomic mass is 16.5. The van der Waals surface area contributed by atoms with Gasteiger partial charge in [-0.2, -0.15) is 0 Å². The van der Waals surface area contributed by atoms with Gasteiger partial charge in [0.15, 0.2) is 0 Å². The van der Waals surface area contributed by atoms with E-state index in [1.54, 1.807) is 36.5 Å². The zero-order valence-electron chi connectivity index (χ0n) is 13.5. The Hall–Kier alpha value is -2.15. The van der Waals surface area contributed by atoms with Crippen LogP contribution in [0.3, 0.4) is 0 Å². The van der Waals surface area contributed by atoms with Crippen LogP contribution >= 0.6 is 0 Å². The number of amides is 3. The molecule has 1 saturated heterocycles. The van der Waals surface area contributed by atoms with Crippen molar-refractivity contribution >= 4 is 11.9 Å². The molecule has 1 aromatic heterocycles. The minimum Gasteiger partial charge on any atom is -0.385 e. The molecule has 7 nitrogen and oxygen atoms in total. The van der Waals surface area contributed by atoms with Crippen LogP contribution in [0.25, 0.3) is 0 Å². The summed E-state index contributed by atoms with van der Waals surface area (Å²) in [6.45, 7) is 2.56. The number of nitrogens with one attached hydrogen (secondary N) is 2. The Morgan fingerprint density at radius 3 is 2.65 bits per heavy atom. The Balaban J connectivity index is 1.69. The standard InChI is InChI=1S/C16H24N4O3/c1-23-12-2-7-18-16(22)20-10-5-14(6-11-20)19-15(21)13-3-8-17-9-4-13/h3-4,8-9,14H,2,5-7,10-12H2,1H3,(H,18,22)(H,19,21). The number of nitrogens with zero attached hydrogens (tertiary/aromatic N) is 2. The smallest absolute Gasteiger partial charge is 0.317 e. The van der Waals surface area contributed by atoms with Crippen LogP contribution in [-0.4, -0.2) is 61.2 Å². The fourth-order valence-electron chi connectivity index (χ4n) is 2.52. The first kappa shape index (κ1) is 17.2. The van der Waals surface area contributed by atoms with E-state index in [9.17, 15) is 9.59 Å². The molecule has 0 radical (unpaired) electrons. The molecule has 0 atom stereocenters. The molecule has 23 heavy (non-hydrogen) atoms. The minimum atomic E-state index is -0.0881. The molecule has 0 bridgehead atoms. The Morgan fingerprint density at radius 2 is 2.00 bits per heavy atom. The van der Waals surface area contributed by atoms with Crippen molar-refractivity contribution in [2.75, 3.05) is 33.4 Å². The lowest BCUT2D eigenvalue weighted by atomic mass is 10.0. The SMILES string of the molecule is COCCCNC(=O)N1CCC(NC(=O)c2ccncc2)CC1. The fraction of sp³-hybridized carbons (Fsp3) is 0.562. The monoisotopic (exact) mass is 320 g/mol. The first-order valence-corrected chi connectivity index (χ1v) is 7.93. The Kier molecular flexibility index (Phi) is 6.80. The van der Waals surface area contributed by atoms with Crippen LogP contribution in [0, 0.1) is 0 Å². The number of piperidine rings is 1. The number of pyridine rings is 1. The maximum absolute atomic E-state index is 12.1. The third kappa shape index (κ3) is 5.52. The molecule has 2 N–H and O–H groups in total. The number of aromatic nitrogens is 1. The minimum absolute atomic E-state index is 0.0417. The number of methoxy groups -OCH3 is 1. The van der Waals surface area contributed by atoms with Crippen LogP contribution in [-0.2, 0) is 4.74 Å². The molecule has 126 valence electrons. The number of rotatable bonds is 6. The van der Waals surface area contributed by atoms with Crippen molar-refractivity contribution in [3.05, 3.63) is 30.1 Å². The average molecular weight is 320 g/mol. The van der Waals surface area contributed by atoms with E-state index in [1.807, 2.05) is 0 Å². The lowest BCUT2D eigenvalue weighted by Gasteiger charge is -2.32. The highest BCUT2D eigenvalue weighted by Crippen LogP contribution is 2.11. The summed E-state index contributed by atoms with van der Waals surface area (Å²) in [6, 6.07) is 3.45. The molecule has 0 saturated carbocycles. The quantitative estimate of drug-likeness (QED) is 0.767. The largest absolute Gasteiger partial charge is 0.385 e. The molecular formula is C16H24N4O3. The molecule has 3 amide bonds. The lowest BCUT2D eigenvalue weighted by Crippen LogP contribution is -2.49. The van der Waals surface area contributed by atoms with E-state index in [4.69, 9.17) is 4.74 Å². The molecule has 7 heteroatoms. The van der Waals surface area contributed by atoms with Crippen molar-refractivity contribution in [1.82, 2.24) is 20.5 Å². The van der Waals surface area contributed by atoms with Gasteiger partial charge in [0.05, 0.1) is 0 Å². The second-order valence-electron chi connectivity index (χ2n) is 5.55. The predicted octanol–water partition coefficient (Wildman–Crippen LogP) is 1.02. The average Bonchev–Trinajstić information content (AvgIpc) is 2.60. The molecule has 0 spiro atoms. The number of ether oxygens (including phenoxy) is 1. The number of likely N-dealkylation sites (tertiary alicyclic amines) is 1. The molecule has 1 aromatic rings. The molecule has 1 aliphatic heterocycles. The van der Waals surface area contributed by atoms with Crippen molar-refractivity contribution in [3.63, 3.8) is 0 Å². The summed E-state index contributed by atoms with van der Waals surface area (Å²) in [4.78, 5) is 29.8. The van der Waals surface area contributed by atoms with E-state index in [-0.39, 0.29) is 18.0 Å². The predicted molar refractivity (Wildman–Crippen MR) is 86.2 cm³/mol. The Bertz CT molecular complexity index is 501. The lowest BCUT2D eigenvalue weighted by molar-refractivity contribution is 0.0918. The fourth-order valence-corrected chi connectivity index (χ4v) is 2.52. The van der Waals surface area contributed by atoms with Gasteiger partial charge in [-0.3, -0.25) is 9.78 Å². The van der Waals surface area contributed by atoms with Crippen LogP contribution in [0.2, 0.25) is 0 Å². The molecule has 0 aromatic carbocycles. The topological polar surface area (TPSA) is 83.6 Å². The van der Waals surface area contributed by atoms with Gasteiger partial charge < -0.3 is 20.3 Å². The zero-order chi connectivity index (χ0) is 16.5. The van der Waals surface area contributed by atoms with Crippen molar-refractivity contribution in [3.8, 4) is 0 Å². The van der Waals surface area contributed by atoms with Crippen LogP contribution in [0.4, 0.5) is 4.79 Å². The molecular weight excluding hydrogens is 296 g/mol. The third-order valence-electron chi connectivity index (χ3n) is 3.86. The Morgan fingerprint density at radius 1 is 1.30 bits per heavy atom. The van der Waals surface area contributed by atoms with Crippen molar-refractivity contribution < 1.29 is 14.3 Å². The van der Waals surface area contributed by atoms with Crippen LogP contribution in [0.1, 0.15) is 29.6 Å². The van der Waals surface area contributed by atoms with E-state index < -0.39 is 0 Å². The van der Waals surface area contributed by atoms with Gasteiger partial charge in [-0.05, 0) is 31.4 Å². The molecule has 1 fully saturated rings. The molecule has 0 unspecified atom stereocenters. The highest BCUT2D eigenvalue weighted by molar-refractivity contribution is 5.94. The maximum atomic E-state index is 12.1. The van der Waals surface area contributed by atoms with Crippen molar-refractivity contribution in [2.45, 2.75) is 25.3 Å². The summed E-state index contributed by atoms with van der Waals surface area (Å²) in [6.07, 6.45) is 5.54. The molecule has 0 aliphatic carbocycles. The summed E-state index contributed by atoms with van der Waals surface area (Å²) in [5, 5.41) is 5.89. The van der Waals surface area contributed by atoms with Crippen molar-refractivity contribution in [2.24, 2.45) is 0 Å². The maximum Gasteiger partial charge on any atom is 0.317 e. The summed E-state index contributed by atoms with van der Waals surface area (Å²) < 4.78 is 4.95. The Labute approximate surface area is 136 Å². The van der Waals surface area contributed by atoms with Gasteiger partial charge in [0, 0.05) is 57.3 Å². The van der Waals surface area contributed by atoms with Gasteiger partial charge in [-0.1, -0.05) is 0 Å². The summed E-state index contributed by atoms with van der Waals surface area (Å²) in [7, 11) is 1.65. The van der Waals surface area contributed by atoms with E-state index in [2.05, 4.69) is 15.6 Å². The first-order valence-electron chi connectivity index (χ1n) is 7.93. The number of hydrogen-bond donors (Lipinski definition) is 2. The number of carbonyl (C=O) groups excluding carboxylic acids is 2. The van der Waals surface area contributed by atoms with E-state index in [1.165, 1.54) is 0 Å². The zero-order valence-corrected chi connectivity index (χ0v) is 13.5. The van der Waals surface area contributed by atoms with Gasteiger partial charge in [0.25, 0.3) is 5.91 Å². The molecule has 1 aliphatic rings. The number of carbonyl (C=O) groups is 2. The first-order chi connectivity index (χ1) is 11.2. The number of hydrogen-bond acceptors (Lipinski definition) is 4. The molecule has 2 heterocycles. The summed E-state index contributed by atoms with van der Waals surface area (Å²) >= 11 is 0. The van der Waals surface area contributed by atoms with Gasteiger partial charge >= 0.3 is 6.03 Å². The second-order valence-corrected chi connectivity index (χ2v) is 5.55. The number of urea groups is 1. The second kappa shape index (κ2) is 9.09. The molecule has 2 rings (SSSR count). The van der Waals surface area contributed by atoms with Gasteiger partial charge in [-0.25, -0.2) is 4.79 Å². The normalized spacial score (nSPS) is 15.3. The summed E-state index contributed by atoms with van der Waals surface area (Å²) in [5.41, 5.74) is 0.610. The van der Waals surface area contributed by atoms with E-state index in [0.717, 1.165) is 19.3 Å². The van der Waals surface area contributed by atoms with E-state index in [0.29, 0.717) is 31.8 Å². The highest BCUT2D eigenvalue weighted by Gasteiger charge is 2.23. The van der Waals surface area contributed by atoms with Gasteiger partial charge in [-0.15, -0.1) is 0 Å². The van der Waals surface area contributed by atoms with Crippen LogP contribution in [0.15, 0.2) is 24.5 Å². The van der Waals surface area contributed by atoms with Crippen LogP contribution in [0.5, 0.6) is 0 Å². The third-order valence-corrected chi connectivity index (χ3v) is 3.86. The van der Waals surface area contributed by atoms with E-state index >= 15 is 0 Å². The van der Waals surface area contributed by atoms with Gasteiger partial charge in [0.2, 0.25) is 0 Å². The van der Waals surface area contributed by atoms with Crippen molar-refractivity contribution in [1.29, 1.82) is 0 Å². The summed E-state index contributed by atoms with van der Waals surface area (Å²) in [5.74, 6) is -0.0881. The van der Waals surface area contributed by atoms with Crippen LogP contribution < -0.4 is 10.6 Å².